The Labute approximate surface area is 91.6 Å². The predicted molar refractivity (Wildman–Crippen MR) is 57.2 cm³/mol. The predicted octanol–water partition coefficient (Wildman–Crippen LogP) is 2.00. The van der Waals surface area contributed by atoms with E-state index in [9.17, 15) is 9.59 Å². The lowest BCUT2D eigenvalue weighted by atomic mass is 9.87. The zero-order chi connectivity index (χ0) is 11.2. The molecule has 0 aliphatic heterocycles. The maximum Gasteiger partial charge on any atom is 0.209 e. The van der Waals surface area contributed by atoms with Gasteiger partial charge in [0.2, 0.25) is 5.78 Å². The first-order valence-electron chi connectivity index (χ1n) is 4.44. The fraction of sp³-hybridized carbons (Fsp3) is 0.182. The number of halogens is 1. The highest BCUT2D eigenvalue weighted by molar-refractivity contribution is 6.64. The van der Waals surface area contributed by atoms with E-state index >= 15 is 0 Å². The minimum absolute atomic E-state index is 0.285. The van der Waals surface area contributed by atoms with Crippen LogP contribution in [0.15, 0.2) is 18.2 Å². The molecule has 0 amide bonds. The van der Waals surface area contributed by atoms with Crippen molar-refractivity contribution in [2.45, 2.75) is 12.3 Å². The number of alkyl halides is 1. The average molecular weight is 222 g/mol. The number of hydrogen-bond donors (Lipinski definition) is 1. The number of fused-ring (bicyclic) bond motifs is 1. The van der Waals surface area contributed by atoms with Crippen LogP contribution in [0.4, 0.5) is 0 Å². The number of carbonyl (C=O) groups is 2. The summed E-state index contributed by atoms with van der Waals surface area (Å²) < 4.78 is 0. The van der Waals surface area contributed by atoms with Gasteiger partial charge in [0.25, 0.3) is 0 Å². The molecule has 15 heavy (non-hydrogen) atoms. The zero-order valence-corrected chi connectivity index (χ0v) is 8.76. The van der Waals surface area contributed by atoms with Crippen molar-refractivity contribution in [1.82, 2.24) is 0 Å². The number of carbonyl (C=O) groups excluding carboxylic acids is 2. The van der Waals surface area contributed by atoms with Crippen molar-refractivity contribution in [3.8, 4) is 0 Å². The van der Waals surface area contributed by atoms with E-state index in [1.165, 1.54) is 0 Å². The van der Waals surface area contributed by atoms with E-state index in [0.29, 0.717) is 5.56 Å². The number of benzene rings is 1. The van der Waals surface area contributed by atoms with Gasteiger partial charge < -0.3 is 0 Å². The molecule has 1 unspecified atom stereocenters. The van der Waals surface area contributed by atoms with Gasteiger partial charge in [-0.05, 0) is 19.1 Å². The molecule has 0 radical (unpaired) electrons. The molecule has 1 aliphatic rings. The van der Waals surface area contributed by atoms with Gasteiger partial charge in [-0.25, -0.2) is 0 Å². The SMILES string of the molecule is Cc1ccc2c(c1)C(=O)C(Cl)C(=N)C2=O. The highest BCUT2D eigenvalue weighted by Crippen LogP contribution is 2.23. The monoisotopic (exact) mass is 221 g/mol. The van der Waals surface area contributed by atoms with Gasteiger partial charge in [-0.1, -0.05) is 11.6 Å². The molecule has 0 bridgehead atoms. The van der Waals surface area contributed by atoms with Crippen molar-refractivity contribution in [2.75, 3.05) is 0 Å². The Morgan fingerprint density at radius 2 is 1.93 bits per heavy atom. The van der Waals surface area contributed by atoms with Crippen molar-refractivity contribution < 1.29 is 9.59 Å². The summed E-state index contributed by atoms with van der Waals surface area (Å²) in [4.78, 5) is 23.3. The van der Waals surface area contributed by atoms with Crippen LogP contribution in [0.3, 0.4) is 0 Å². The molecule has 0 aromatic heterocycles. The summed E-state index contributed by atoms with van der Waals surface area (Å²) in [6, 6.07) is 4.95. The average Bonchev–Trinajstić information content (AvgIpc) is 2.23. The molecule has 0 fully saturated rings. The van der Waals surface area contributed by atoms with Gasteiger partial charge >= 0.3 is 0 Å². The minimum atomic E-state index is -1.13. The van der Waals surface area contributed by atoms with Gasteiger partial charge in [0.15, 0.2) is 5.78 Å². The first-order chi connectivity index (χ1) is 7.02. The molecule has 0 spiro atoms. The topological polar surface area (TPSA) is 58.0 Å². The van der Waals surface area contributed by atoms with E-state index in [0.717, 1.165) is 5.56 Å². The molecule has 1 aliphatic carbocycles. The minimum Gasteiger partial charge on any atom is -0.299 e. The fourth-order valence-electron chi connectivity index (χ4n) is 1.59. The Morgan fingerprint density at radius 1 is 1.27 bits per heavy atom. The lowest BCUT2D eigenvalue weighted by Gasteiger charge is -2.18. The van der Waals surface area contributed by atoms with E-state index in [4.69, 9.17) is 17.0 Å². The Hall–Kier alpha value is -1.48. The van der Waals surface area contributed by atoms with Crippen LogP contribution in [-0.2, 0) is 0 Å². The van der Waals surface area contributed by atoms with Gasteiger partial charge in [-0.3, -0.25) is 15.0 Å². The third-order valence-electron chi connectivity index (χ3n) is 2.41. The highest BCUT2D eigenvalue weighted by Gasteiger charge is 2.35. The van der Waals surface area contributed by atoms with Crippen LogP contribution < -0.4 is 0 Å². The zero-order valence-electron chi connectivity index (χ0n) is 8.00. The van der Waals surface area contributed by atoms with Crippen LogP contribution in [0.2, 0.25) is 0 Å². The molecule has 2 rings (SSSR count). The molecule has 1 N–H and O–H groups in total. The summed E-state index contributed by atoms with van der Waals surface area (Å²) in [6.07, 6.45) is 0. The van der Waals surface area contributed by atoms with E-state index in [2.05, 4.69) is 0 Å². The van der Waals surface area contributed by atoms with Crippen molar-refractivity contribution in [2.24, 2.45) is 0 Å². The molecular weight excluding hydrogens is 214 g/mol. The smallest absolute Gasteiger partial charge is 0.209 e. The van der Waals surface area contributed by atoms with Crippen LogP contribution in [0.25, 0.3) is 0 Å². The van der Waals surface area contributed by atoms with Crippen LogP contribution in [0.1, 0.15) is 26.3 Å². The van der Waals surface area contributed by atoms with Crippen molar-refractivity contribution in [1.29, 1.82) is 5.41 Å². The van der Waals surface area contributed by atoms with Crippen LogP contribution in [0.5, 0.6) is 0 Å². The molecule has 0 saturated heterocycles. The van der Waals surface area contributed by atoms with Crippen LogP contribution >= 0.6 is 11.6 Å². The third kappa shape index (κ3) is 1.39. The largest absolute Gasteiger partial charge is 0.299 e. The van der Waals surface area contributed by atoms with E-state index in [-0.39, 0.29) is 17.1 Å². The first kappa shape index (κ1) is 10.1. The number of ketones is 2. The molecule has 3 nitrogen and oxygen atoms in total. The number of Topliss-reactive ketones (excluding diaryl/α,β-unsaturated/α-hetero) is 2. The highest BCUT2D eigenvalue weighted by atomic mass is 35.5. The molecule has 76 valence electrons. The lowest BCUT2D eigenvalue weighted by Crippen LogP contribution is -2.37. The lowest BCUT2D eigenvalue weighted by molar-refractivity contribution is 0.0967. The van der Waals surface area contributed by atoms with Gasteiger partial charge in [-0.15, -0.1) is 11.6 Å². The summed E-state index contributed by atoms with van der Waals surface area (Å²) >= 11 is 5.70. The summed E-state index contributed by atoms with van der Waals surface area (Å²) in [7, 11) is 0. The molecule has 1 aromatic carbocycles. The molecule has 1 aromatic rings. The maximum atomic E-state index is 11.7. The fourth-order valence-corrected chi connectivity index (χ4v) is 1.80. The number of nitrogens with one attached hydrogen (secondary N) is 1. The van der Waals surface area contributed by atoms with Crippen molar-refractivity contribution in [3.05, 3.63) is 34.9 Å². The van der Waals surface area contributed by atoms with Crippen LogP contribution in [-0.4, -0.2) is 22.7 Å². The van der Waals surface area contributed by atoms with E-state index in [1.54, 1.807) is 18.2 Å². The molecule has 0 heterocycles. The second-order valence-corrected chi connectivity index (χ2v) is 3.96. The van der Waals surface area contributed by atoms with Gasteiger partial charge in [0, 0.05) is 11.1 Å². The second kappa shape index (κ2) is 3.28. The Kier molecular flexibility index (Phi) is 2.20. The van der Waals surface area contributed by atoms with E-state index < -0.39 is 11.2 Å². The molecule has 1 atom stereocenters. The maximum absolute atomic E-state index is 11.7. The Bertz CT molecular complexity index is 493. The third-order valence-corrected chi connectivity index (χ3v) is 2.83. The summed E-state index contributed by atoms with van der Waals surface area (Å²) in [6.45, 7) is 1.83. The normalized spacial score (nSPS) is 20.4. The van der Waals surface area contributed by atoms with Gasteiger partial charge in [-0.2, -0.15) is 0 Å². The second-order valence-electron chi connectivity index (χ2n) is 3.52. The number of rotatable bonds is 0. The van der Waals surface area contributed by atoms with Crippen molar-refractivity contribution in [3.63, 3.8) is 0 Å². The van der Waals surface area contributed by atoms with Gasteiger partial charge in [0.1, 0.15) is 11.1 Å². The summed E-state index contributed by atoms with van der Waals surface area (Å²) in [5.74, 6) is -0.815. The first-order valence-corrected chi connectivity index (χ1v) is 4.88. The Balaban J connectivity index is 2.69. The molecule has 4 heteroatoms. The van der Waals surface area contributed by atoms with Gasteiger partial charge in [0.05, 0.1) is 0 Å². The van der Waals surface area contributed by atoms with Crippen molar-refractivity contribution >= 4 is 28.9 Å². The number of hydrogen-bond acceptors (Lipinski definition) is 3. The standard InChI is InChI=1S/C11H8ClNO2/c1-5-2-3-6-7(4-5)10(14)8(12)9(13)11(6)15/h2-4,8,13H,1H3. The number of aryl methyl sites for hydroxylation is 1. The van der Waals surface area contributed by atoms with E-state index in [1.807, 2.05) is 6.92 Å². The quantitative estimate of drug-likeness (QED) is 0.682. The molecule has 0 saturated carbocycles. The summed E-state index contributed by atoms with van der Waals surface area (Å²) in [5, 5.41) is 6.28. The Morgan fingerprint density at radius 3 is 2.60 bits per heavy atom. The molecular formula is C11H8ClNO2. The van der Waals surface area contributed by atoms with Crippen LogP contribution in [0, 0.1) is 12.3 Å². The summed E-state index contributed by atoms with van der Waals surface area (Å²) in [5.41, 5.74) is 1.17.